The van der Waals surface area contributed by atoms with E-state index in [2.05, 4.69) is 5.10 Å². The lowest BCUT2D eigenvalue weighted by atomic mass is 10.1. The number of aromatic nitrogens is 2. The summed E-state index contributed by atoms with van der Waals surface area (Å²) in [7, 11) is 0. The molecule has 1 aromatic carbocycles. The van der Waals surface area contributed by atoms with Gasteiger partial charge in [0.1, 0.15) is 0 Å². The first-order chi connectivity index (χ1) is 7.70. The van der Waals surface area contributed by atoms with Gasteiger partial charge in [-0.15, -0.1) is 0 Å². The number of hydrogen-bond donors (Lipinski definition) is 1. The van der Waals surface area contributed by atoms with Gasteiger partial charge in [0.15, 0.2) is 0 Å². The van der Waals surface area contributed by atoms with E-state index in [4.69, 9.17) is 0 Å². The second-order valence-electron chi connectivity index (χ2n) is 3.98. The minimum atomic E-state index is -0.367. The van der Waals surface area contributed by atoms with Crippen molar-refractivity contribution in [1.82, 2.24) is 9.78 Å². The molecule has 1 aromatic heterocycles. The summed E-state index contributed by atoms with van der Waals surface area (Å²) >= 11 is 0. The predicted octanol–water partition coefficient (Wildman–Crippen LogP) is 2.62. The van der Waals surface area contributed by atoms with Gasteiger partial charge in [0.2, 0.25) is 0 Å². The summed E-state index contributed by atoms with van der Waals surface area (Å²) in [5.41, 5.74) is 3.10. The molecule has 2 rings (SSSR count). The number of hydrogen-bond acceptors (Lipinski definition) is 2. The summed E-state index contributed by atoms with van der Waals surface area (Å²) in [4.78, 5) is 0. The first-order valence-electron chi connectivity index (χ1n) is 5.50. The highest BCUT2D eigenvalue weighted by Crippen LogP contribution is 2.18. The van der Waals surface area contributed by atoms with Crippen molar-refractivity contribution in [3.05, 3.63) is 47.8 Å². The molecule has 1 atom stereocenters. The van der Waals surface area contributed by atoms with Gasteiger partial charge in [-0.1, -0.05) is 19.1 Å². The summed E-state index contributed by atoms with van der Waals surface area (Å²) < 4.78 is 1.83. The molecule has 0 aliphatic heterocycles. The molecule has 0 aliphatic rings. The quantitative estimate of drug-likeness (QED) is 0.856. The third-order valence-electron chi connectivity index (χ3n) is 2.64. The van der Waals surface area contributed by atoms with Gasteiger partial charge in [-0.2, -0.15) is 5.10 Å². The maximum atomic E-state index is 9.67. The normalized spacial score (nSPS) is 12.7. The van der Waals surface area contributed by atoms with Gasteiger partial charge >= 0.3 is 0 Å². The highest BCUT2D eigenvalue weighted by atomic mass is 16.3. The Balaban J connectivity index is 2.25. The van der Waals surface area contributed by atoms with Crippen molar-refractivity contribution >= 4 is 0 Å². The van der Waals surface area contributed by atoms with Gasteiger partial charge in [0.25, 0.3) is 0 Å². The Bertz CT molecular complexity index is 459. The van der Waals surface area contributed by atoms with Crippen molar-refractivity contribution in [3.8, 4) is 5.69 Å². The third-order valence-corrected chi connectivity index (χ3v) is 2.64. The van der Waals surface area contributed by atoms with Crippen molar-refractivity contribution in [2.24, 2.45) is 0 Å². The van der Waals surface area contributed by atoms with Gasteiger partial charge in [0, 0.05) is 6.20 Å². The Morgan fingerprint density at radius 2 is 2.00 bits per heavy atom. The van der Waals surface area contributed by atoms with Crippen molar-refractivity contribution in [2.45, 2.75) is 26.4 Å². The smallest absolute Gasteiger partial charge is 0.0787 e. The van der Waals surface area contributed by atoms with Crippen molar-refractivity contribution in [2.75, 3.05) is 0 Å². The molecule has 0 bridgehead atoms. The molecule has 0 spiro atoms. The van der Waals surface area contributed by atoms with Gasteiger partial charge in [0.05, 0.1) is 18.0 Å². The largest absolute Gasteiger partial charge is 0.388 e. The van der Waals surface area contributed by atoms with Crippen LogP contribution in [0.5, 0.6) is 0 Å². The van der Waals surface area contributed by atoms with E-state index in [1.165, 1.54) is 0 Å². The van der Waals surface area contributed by atoms with Crippen LogP contribution >= 0.6 is 0 Å². The first kappa shape index (κ1) is 10.9. The molecular formula is C13H16N2O. The summed E-state index contributed by atoms with van der Waals surface area (Å²) in [6.07, 6.45) is 4.17. The van der Waals surface area contributed by atoms with Crippen molar-refractivity contribution < 1.29 is 5.11 Å². The number of aryl methyl sites for hydroxylation is 1. The fourth-order valence-corrected chi connectivity index (χ4v) is 1.64. The van der Waals surface area contributed by atoms with E-state index in [9.17, 15) is 5.11 Å². The molecule has 0 saturated carbocycles. The molecule has 0 amide bonds. The van der Waals surface area contributed by atoms with Crippen LogP contribution in [0.4, 0.5) is 0 Å². The molecule has 1 heterocycles. The highest BCUT2D eigenvalue weighted by Gasteiger charge is 2.04. The van der Waals surface area contributed by atoms with Crippen LogP contribution < -0.4 is 0 Å². The first-order valence-corrected chi connectivity index (χ1v) is 5.50. The lowest BCUT2D eigenvalue weighted by Gasteiger charge is -2.08. The van der Waals surface area contributed by atoms with Gasteiger partial charge in [-0.05, 0) is 36.6 Å². The average molecular weight is 216 g/mol. The van der Waals surface area contributed by atoms with E-state index < -0.39 is 0 Å². The fourth-order valence-electron chi connectivity index (χ4n) is 1.64. The van der Waals surface area contributed by atoms with Crippen LogP contribution in [0, 0.1) is 6.92 Å². The summed E-state index contributed by atoms with van der Waals surface area (Å²) in [6, 6.07) is 7.84. The lowest BCUT2D eigenvalue weighted by Crippen LogP contribution is -1.97. The minimum Gasteiger partial charge on any atom is -0.388 e. The molecule has 2 aromatic rings. The van der Waals surface area contributed by atoms with E-state index >= 15 is 0 Å². The second kappa shape index (κ2) is 4.49. The summed E-state index contributed by atoms with van der Waals surface area (Å²) in [5.74, 6) is 0. The summed E-state index contributed by atoms with van der Waals surface area (Å²) in [5, 5.41) is 13.9. The molecule has 1 N–H and O–H groups in total. The van der Waals surface area contributed by atoms with Crippen LogP contribution in [0.25, 0.3) is 5.69 Å². The van der Waals surface area contributed by atoms with Crippen molar-refractivity contribution in [3.63, 3.8) is 0 Å². The average Bonchev–Trinajstić information content (AvgIpc) is 2.75. The molecule has 1 unspecified atom stereocenters. The highest BCUT2D eigenvalue weighted by molar-refractivity contribution is 5.35. The maximum Gasteiger partial charge on any atom is 0.0787 e. The standard InChI is InChI=1S/C13H16N2O/c1-3-13(16)11-4-6-12(7-5-11)15-9-10(2)8-14-15/h4-9,13,16H,3H2,1-2H3. The molecule has 16 heavy (non-hydrogen) atoms. The van der Waals surface area contributed by atoms with E-state index in [1.54, 1.807) is 0 Å². The predicted molar refractivity (Wildman–Crippen MR) is 63.6 cm³/mol. The van der Waals surface area contributed by atoms with E-state index in [0.717, 1.165) is 23.2 Å². The van der Waals surface area contributed by atoms with Gasteiger partial charge in [-0.25, -0.2) is 4.68 Å². The Kier molecular flexibility index (Phi) is 3.06. The fraction of sp³-hybridized carbons (Fsp3) is 0.308. The molecule has 3 nitrogen and oxygen atoms in total. The summed E-state index contributed by atoms with van der Waals surface area (Å²) in [6.45, 7) is 3.98. The van der Waals surface area contributed by atoms with Crippen LogP contribution in [0.1, 0.15) is 30.6 Å². The Morgan fingerprint density at radius 3 is 2.50 bits per heavy atom. The van der Waals surface area contributed by atoms with Crippen LogP contribution in [0.3, 0.4) is 0 Å². The molecule has 3 heteroatoms. The van der Waals surface area contributed by atoms with Crippen LogP contribution in [0.2, 0.25) is 0 Å². The third kappa shape index (κ3) is 2.14. The number of aliphatic hydroxyl groups excluding tert-OH is 1. The van der Waals surface area contributed by atoms with E-state index in [-0.39, 0.29) is 6.10 Å². The van der Waals surface area contributed by atoms with Gasteiger partial charge in [-0.3, -0.25) is 0 Å². The Labute approximate surface area is 95.3 Å². The topological polar surface area (TPSA) is 38.0 Å². The zero-order valence-electron chi connectivity index (χ0n) is 9.59. The number of rotatable bonds is 3. The molecule has 0 radical (unpaired) electrons. The number of benzene rings is 1. The Morgan fingerprint density at radius 1 is 1.31 bits per heavy atom. The zero-order valence-corrected chi connectivity index (χ0v) is 9.59. The molecular weight excluding hydrogens is 200 g/mol. The number of aliphatic hydroxyl groups is 1. The SMILES string of the molecule is CCC(O)c1ccc(-n2cc(C)cn2)cc1. The van der Waals surface area contributed by atoms with Gasteiger partial charge < -0.3 is 5.11 Å². The van der Waals surface area contributed by atoms with Crippen molar-refractivity contribution in [1.29, 1.82) is 0 Å². The Hall–Kier alpha value is -1.61. The van der Waals surface area contributed by atoms with Crippen LogP contribution in [-0.2, 0) is 0 Å². The zero-order chi connectivity index (χ0) is 11.5. The van der Waals surface area contributed by atoms with E-state index in [0.29, 0.717) is 0 Å². The van der Waals surface area contributed by atoms with E-state index in [1.807, 2.05) is 55.2 Å². The maximum absolute atomic E-state index is 9.67. The monoisotopic (exact) mass is 216 g/mol. The minimum absolute atomic E-state index is 0.367. The second-order valence-corrected chi connectivity index (χ2v) is 3.98. The molecule has 0 aliphatic carbocycles. The molecule has 0 saturated heterocycles. The lowest BCUT2D eigenvalue weighted by molar-refractivity contribution is 0.173. The van der Waals surface area contributed by atoms with Crippen LogP contribution in [0.15, 0.2) is 36.7 Å². The number of nitrogens with zero attached hydrogens (tertiary/aromatic N) is 2. The molecule has 0 fully saturated rings. The van der Waals surface area contributed by atoms with Crippen LogP contribution in [-0.4, -0.2) is 14.9 Å². The molecule has 84 valence electrons.